The summed E-state index contributed by atoms with van der Waals surface area (Å²) in [4.78, 5) is 36.3. The summed E-state index contributed by atoms with van der Waals surface area (Å²) < 4.78 is 5.60. The van der Waals surface area contributed by atoms with Crippen molar-refractivity contribution >= 4 is 18.0 Å². The third-order valence-electron chi connectivity index (χ3n) is 7.00. The van der Waals surface area contributed by atoms with Crippen LogP contribution in [0.1, 0.15) is 56.6 Å². The number of alkyl carbamates (subject to hydrolysis) is 1. The average Bonchev–Trinajstić information content (AvgIpc) is 3.15. The normalized spacial score (nSPS) is 19.6. The highest BCUT2D eigenvalue weighted by Crippen LogP contribution is 2.44. The van der Waals surface area contributed by atoms with Crippen molar-refractivity contribution in [1.82, 2.24) is 10.6 Å². The predicted molar refractivity (Wildman–Crippen MR) is 128 cm³/mol. The second-order valence-corrected chi connectivity index (χ2v) is 9.86. The molecule has 0 spiro atoms. The molecule has 180 valence electrons. The number of amides is 2. The highest BCUT2D eigenvalue weighted by Gasteiger charge is 2.34. The SMILES string of the molecule is CC(C)(NC(=O)C1CCCC(CNC(=O)OCC2c3ccccc3-c3ccccc32)C1)C(=O)O. The molecule has 2 aromatic carbocycles. The molecule has 4 rings (SSSR count). The fraction of sp³-hybridized carbons (Fsp3) is 0.444. The quantitative estimate of drug-likeness (QED) is 0.566. The van der Waals surface area contributed by atoms with Crippen molar-refractivity contribution in [2.45, 2.75) is 51.0 Å². The van der Waals surface area contributed by atoms with Gasteiger partial charge in [0.25, 0.3) is 0 Å². The number of ether oxygens (including phenoxy) is 1. The van der Waals surface area contributed by atoms with Gasteiger partial charge < -0.3 is 20.5 Å². The van der Waals surface area contributed by atoms with Crippen molar-refractivity contribution in [1.29, 1.82) is 0 Å². The van der Waals surface area contributed by atoms with E-state index < -0.39 is 17.6 Å². The number of hydrogen-bond acceptors (Lipinski definition) is 4. The predicted octanol–water partition coefficient (Wildman–Crippen LogP) is 4.31. The topological polar surface area (TPSA) is 105 Å². The van der Waals surface area contributed by atoms with Crippen molar-refractivity contribution in [2.24, 2.45) is 11.8 Å². The van der Waals surface area contributed by atoms with Crippen LogP contribution in [-0.4, -0.2) is 41.8 Å². The monoisotopic (exact) mass is 464 g/mol. The van der Waals surface area contributed by atoms with E-state index in [4.69, 9.17) is 4.74 Å². The van der Waals surface area contributed by atoms with E-state index in [9.17, 15) is 19.5 Å². The van der Waals surface area contributed by atoms with E-state index in [1.807, 2.05) is 24.3 Å². The molecule has 0 bridgehead atoms. The lowest BCUT2D eigenvalue weighted by molar-refractivity contribution is -0.147. The number of carbonyl (C=O) groups excluding carboxylic acids is 2. The van der Waals surface area contributed by atoms with Gasteiger partial charge in [-0.05, 0) is 61.3 Å². The van der Waals surface area contributed by atoms with Gasteiger partial charge in [-0.1, -0.05) is 55.0 Å². The molecule has 2 unspecified atom stereocenters. The van der Waals surface area contributed by atoms with Gasteiger partial charge in [-0.25, -0.2) is 9.59 Å². The molecule has 0 radical (unpaired) electrons. The summed E-state index contributed by atoms with van der Waals surface area (Å²) in [6.07, 6.45) is 2.66. The summed E-state index contributed by atoms with van der Waals surface area (Å²) in [6.45, 7) is 3.65. The van der Waals surface area contributed by atoms with Crippen LogP contribution in [0, 0.1) is 11.8 Å². The van der Waals surface area contributed by atoms with E-state index >= 15 is 0 Å². The minimum Gasteiger partial charge on any atom is -0.480 e. The maximum absolute atomic E-state index is 12.6. The van der Waals surface area contributed by atoms with Gasteiger partial charge in [0, 0.05) is 18.4 Å². The van der Waals surface area contributed by atoms with Gasteiger partial charge in [-0.3, -0.25) is 4.79 Å². The molecule has 2 aromatic rings. The van der Waals surface area contributed by atoms with E-state index in [2.05, 4.69) is 34.9 Å². The average molecular weight is 465 g/mol. The van der Waals surface area contributed by atoms with E-state index in [-0.39, 0.29) is 30.3 Å². The maximum atomic E-state index is 12.6. The van der Waals surface area contributed by atoms with Gasteiger partial charge in [-0.15, -0.1) is 0 Å². The van der Waals surface area contributed by atoms with E-state index in [0.717, 1.165) is 19.3 Å². The van der Waals surface area contributed by atoms with Crippen molar-refractivity contribution in [3.05, 3.63) is 59.7 Å². The first-order chi connectivity index (χ1) is 16.3. The van der Waals surface area contributed by atoms with Crippen LogP contribution in [-0.2, 0) is 14.3 Å². The van der Waals surface area contributed by atoms with Crippen LogP contribution in [0.15, 0.2) is 48.5 Å². The Hall–Kier alpha value is -3.35. The number of fused-ring (bicyclic) bond motifs is 3. The Morgan fingerprint density at radius 2 is 1.62 bits per heavy atom. The molecule has 2 amide bonds. The van der Waals surface area contributed by atoms with Gasteiger partial charge in [-0.2, -0.15) is 0 Å². The van der Waals surface area contributed by atoms with Crippen LogP contribution in [0.3, 0.4) is 0 Å². The molecular formula is C27H32N2O5. The first kappa shape index (κ1) is 23.8. The van der Waals surface area contributed by atoms with Crippen molar-refractivity contribution < 1.29 is 24.2 Å². The molecule has 1 saturated carbocycles. The Kier molecular flexibility index (Phi) is 6.91. The summed E-state index contributed by atoms with van der Waals surface area (Å²) in [7, 11) is 0. The summed E-state index contributed by atoms with van der Waals surface area (Å²) >= 11 is 0. The van der Waals surface area contributed by atoms with Crippen molar-refractivity contribution in [3.63, 3.8) is 0 Å². The third-order valence-corrected chi connectivity index (χ3v) is 7.00. The van der Waals surface area contributed by atoms with E-state index in [0.29, 0.717) is 13.0 Å². The van der Waals surface area contributed by atoms with E-state index in [1.165, 1.54) is 36.1 Å². The largest absolute Gasteiger partial charge is 0.480 e. The minimum atomic E-state index is -1.30. The Morgan fingerprint density at radius 3 is 2.24 bits per heavy atom. The highest BCUT2D eigenvalue weighted by molar-refractivity contribution is 5.87. The van der Waals surface area contributed by atoms with Crippen molar-refractivity contribution in [3.8, 4) is 11.1 Å². The summed E-state index contributed by atoms with van der Waals surface area (Å²) in [5, 5.41) is 14.7. The van der Waals surface area contributed by atoms with Crippen LogP contribution >= 0.6 is 0 Å². The van der Waals surface area contributed by atoms with Crippen molar-refractivity contribution in [2.75, 3.05) is 13.2 Å². The third kappa shape index (κ3) is 5.08. The molecule has 7 nitrogen and oxygen atoms in total. The van der Waals surface area contributed by atoms with E-state index in [1.54, 1.807) is 0 Å². The molecule has 34 heavy (non-hydrogen) atoms. The van der Waals surface area contributed by atoms with Gasteiger partial charge in [0.2, 0.25) is 5.91 Å². The number of rotatable bonds is 7. The first-order valence-corrected chi connectivity index (χ1v) is 11.9. The van der Waals surface area contributed by atoms with Gasteiger partial charge in [0.15, 0.2) is 0 Å². The second-order valence-electron chi connectivity index (χ2n) is 9.86. The Bertz CT molecular complexity index is 1030. The zero-order chi connectivity index (χ0) is 24.3. The molecule has 0 aliphatic heterocycles. The Morgan fingerprint density at radius 1 is 1.00 bits per heavy atom. The molecule has 2 aliphatic carbocycles. The second kappa shape index (κ2) is 9.87. The molecule has 2 aliphatic rings. The smallest absolute Gasteiger partial charge is 0.407 e. The van der Waals surface area contributed by atoms with Gasteiger partial charge in [0.05, 0.1) is 0 Å². The lowest BCUT2D eigenvalue weighted by Crippen LogP contribution is -2.52. The molecule has 2 atom stereocenters. The fourth-order valence-electron chi connectivity index (χ4n) is 5.06. The van der Waals surface area contributed by atoms with Crippen LogP contribution < -0.4 is 10.6 Å². The number of aliphatic carboxylic acids is 1. The standard InChI is InChI=1S/C27H32N2O5/c1-27(2,25(31)32)29-24(30)18-9-7-8-17(14-18)15-28-26(33)34-16-23-21-12-5-3-10-19(21)20-11-4-6-13-22(20)23/h3-6,10-13,17-18,23H,7-9,14-16H2,1-2H3,(H,28,33)(H,29,30)(H,31,32). The highest BCUT2D eigenvalue weighted by atomic mass is 16.5. The Balaban J connectivity index is 1.28. The molecule has 0 saturated heterocycles. The molecule has 0 heterocycles. The van der Waals surface area contributed by atoms with Crippen LogP contribution in [0.5, 0.6) is 0 Å². The number of hydrogen-bond donors (Lipinski definition) is 3. The number of benzene rings is 2. The zero-order valence-electron chi connectivity index (χ0n) is 19.7. The molecule has 3 N–H and O–H groups in total. The Labute approximate surface area is 199 Å². The number of carbonyl (C=O) groups is 3. The number of nitrogens with one attached hydrogen (secondary N) is 2. The van der Waals surface area contributed by atoms with Crippen LogP contribution in [0.4, 0.5) is 4.79 Å². The molecule has 1 fully saturated rings. The molecule has 0 aromatic heterocycles. The number of carboxylic acids is 1. The van der Waals surface area contributed by atoms with Gasteiger partial charge in [0.1, 0.15) is 12.1 Å². The number of carboxylic acid groups (broad SMARTS) is 1. The molecular weight excluding hydrogens is 432 g/mol. The fourth-order valence-corrected chi connectivity index (χ4v) is 5.06. The lowest BCUT2D eigenvalue weighted by atomic mass is 9.80. The summed E-state index contributed by atoms with van der Waals surface area (Å²) in [6, 6.07) is 16.4. The minimum absolute atomic E-state index is 0.0125. The summed E-state index contributed by atoms with van der Waals surface area (Å²) in [5.74, 6) is -1.39. The van der Waals surface area contributed by atoms with Gasteiger partial charge >= 0.3 is 12.1 Å². The van der Waals surface area contributed by atoms with Crippen LogP contribution in [0.2, 0.25) is 0 Å². The summed E-state index contributed by atoms with van der Waals surface area (Å²) in [5.41, 5.74) is 3.40. The van der Waals surface area contributed by atoms with Crippen LogP contribution in [0.25, 0.3) is 11.1 Å². The zero-order valence-corrected chi connectivity index (χ0v) is 19.7. The molecule has 7 heteroatoms. The lowest BCUT2D eigenvalue weighted by Gasteiger charge is -2.31. The first-order valence-electron chi connectivity index (χ1n) is 11.9. The maximum Gasteiger partial charge on any atom is 0.407 e.